The molecule has 1 aromatic rings. The van der Waals surface area contributed by atoms with Crippen LogP contribution in [0.1, 0.15) is 23.6 Å². The summed E-state index contributed by atoms with van der Waals surface area (Å²) in [5.74, 6) is -0.937. The Balaban J connectivity index is 2.71. The van der Waals surface area contributed by atoms with Crippen LogP contribution >= 0.6 is 15.9 Å². The van der Waals surface area contributed by atoms with E-state index >= 15 is 0 Å². The minimum Gasteiger partial charge on any atom is -0.480 e. The molecular formula is C12H15BrN4O2. The van der Waals surface area contributed by atoms with Crippen molar-refractivity contribution in [2.24, 2.45) is 5.11 Å². The predicted octanol–water partition coefficient (Wildman–Crippen LogP) is 3.17. The van der Waals surface area contributed by atoms with E-state index in [1.165, 1.54) is 0 Å². The van der Waals surface area contributed by atoms with Crippen molar-refractivity contribution < 1.29 is 9.90 Å². The van der Waals surface area contributed by atoms with Gasteiger partial charge in [0, 0.05) is 15.9 Å². The van der Waals surface area contributed by atoms with E-state index in [4.69, 9.17) is 5.53 Å². The highest BCUT2D eigenvalue weighted by atomic mass is 79.9. The maximum atomic E-state index is 11.3. The van der Waals surface area contributed by atoms with Crippen molar-refractivity contribution in [2.75, 3.05) is 13.1 Å². The van der Waals surface area contributed by atoms with Crippen LogP contribution < -0.4 is 5.32 Å². The second-order valence-corrected chi connectivity index (χ2v) is 4.91. The predicted molar refractivity (Wildman–Crippen MR) is 75.9 cm³/mol. The molecule has 1 rings (SSSR count). The summed E-state index contributed by atoms with van der Waals surface area (Å²) in [5, 5.41) is 15.6. The molecule has 1 unspecified atom stereocenters. The Morgan fingerprint density at radius 1 is 1.63 bits per heavy atom. The summed E-state index contributed by atoms with van der Waals surface area (Å²) in [5.41, 5.74) is 9.88. The summed E-state index contributed by atoms with van der Waals surface area (Å²) < 4.78 is 0.766. The first-order valence-electron chi connectivity index (χ1n) is 5.79. The Kier molecular flexibility index (Phi) is 6.35. The van der Waals surface area contributed by atoms with Gasteiger partial charge in [-0.25, -0.2) is 0 Å². The SMILES string of the molecule is Cc1ccc(C(NCCCN=[N+]=[N-])C(=O)O)c(Br)c1. The van der Waals surface area contributed by atoms with Gasteiger partial charge in [0.2, 0.25) is 0 Å². The van der Waals surface area contributed by atoms with Gasteiger partial charge in [0.25, 0.3) is 0 Å². The van der Waals surface area contributed by atoms with E-state index in [2.05, 4.69) is 31.3 Å². The Bertz CT molecular complexity index is 501. The molecule has 1 aromatic carbocycles. The van der Waals surface area contributed by atoms with Crippen LogP contribution in [0.2, 0.25) is 0 Å². The zero-order valence-corrected chi connectivity index (χ0v) is 12.1. The average Bonchev–Trinajstić information content (AvgIpc) is 2.35. The molecule has 0 aliphatic heterocycles. The maximum Gasteiger partial charge on any atom is 0.325 e. The van der Waals surface area contributed by atoms with Crippen LogP contribution in [0.4, 0.5) is 0 Å². The molecule has 0 radical (unpaired) electrons. The molecule has 0 amide bonds. The number of carbonyl (C=O) groups is 1. The molecule has 7 heteroatoms. The maximum absolute atomic E-state index is 11.3. The van der Waals surface area contributed by atoms with Gasteiger partial charge in [-0.1, -0.05) is 33.2 Å². The first-order valence-corrected chi connectivity index (χ1v) is 6.58. The molecule has 0 bridgehead atoms. The molecular weight excluding hydrogens is 312 g/mol. The Morgan fingerprint density at radius 3 is 2.95 bits per heavy atom. The lowest BCUT2D eigenvalue weighted by atomic mass is 10.1. The molecule has 1 atom stereocenters. The molecule has 0 saturated heterocycles. The molecule has 0 fully saturated rings. The Labute approximate surface area is 119 Å². The van der Waals surface area contributed by atoms with Crippen molar-refractivity contribution in [3.05, 3.63) is 44.2 Å². The molecule has 0 aromatic heterocycles. The standard InChI is InChI=1S/C12H15BrN4O2/c1-8-3-4-9(10(13)7-8)11(12(18)19)15-5-2-6-16-17-14/h3-4,7,11,15H,2,5-6H2,1H3,(H,18,19). The number of aryl methyl sites for hydroxylation is 1. The lowest BCUT2D eigenvalue weighted by Crippen LogP contribution is -2.29. The number of halogens is 1. The third kappa shape index (κ3) is 4.90. The molecule has 0 heterocycles. The number of benzene rings is 1. The van der Waals surface area contributed by atoms with Gasteiger partial charge in [-0.05, 0) is 42.6 Å². The summed E-state index contributed by atoms with van der Waals surface area (Å²) >= 11 is 3.38. The van der Waals surface area contributed by atoms with Crippen LogP contribution in [0.5, 0.6) is 0 Å². The van der Waals surface area contributed by atoms with Crippen LogP contribution in [-0.4, -0.2) is 24.2 Å². The van der Waals surface area contributed by atoms with Gasteiger partial charge in [-0.15, -0.1) is 0 Å². The topological polar surface area (TPSA) is 98.1 Å². The fraction of sp³-hybridized carbons (Fsp3) is 0.417. The van der Waals surface area contributed by atoms with Crippen molar-refractivity contribution in [1.82, 2.24) is 5.32 Å². The van der Waals surface area contributed by atoms with E-state index in [1.807, 2.05) is 19.1 Å². The first kappa shape index (κ1) is 15.5. The van der Waals surface area contributed by atoms with Crippen molar-refractivity contribution in [1.29, 1.82) is 0 Å². The number of azide groups is 1. The monoisotopic (exact) mass is 326 g/mol. The zero-order chi connectivity index (χ0) is 14.3. The summed E-state index contributed by atoms with van der Waals surface area (Å²) in [6.07, 6.45) is 0.595. The Morgan fingerprint density at radius 2 is 2.37 bits per heavy atom. The summed E-state index contributed by atoms with van der Waals surface area (Å²) in [4.78, 5) is 13.9. The summed E-state index contributed by atoms with van der Waals surface area (Å²) in [6.45, 7) is 2.76. The van der Waals surface area contributed by atoms with Crippen LogP contribution in [0.15, 0.2) is 27.8 Å². The van der Waals surface area contributed by atoms with Gasteiger partial charge in [0.15, 0.2) is 0 Å². The van der Waals surface area contributed by atoms with Crippen LogP contribution in [0.25, 0.3) is 10.4 Å². The molecule has 0 aliphatic rings. The highest BCUT2D eigenvalue weighted by molar-refractivity contribution is 9.10. The Hall–Kier alpha value is -1.56. The number of hydrogen-bond donors (Lipinski definition) is 2. The number of carboxylic acid groups (broad SMARTS) is 1. The first-order chi connectivity index (χ1) is 9.06. The van der Waals surface area contributed by atoms with E-state index in [0.717, 1.165) is 10.0 Å². The number of hydrogen-bond acceptors (Lipinski definition) is 3. The van der Waals surface area contributed by atoms with Gasteiger partial charge in [-0.3, -0.25) is 4.79 Å². The molecule has 2 N–H and O–H groups in total. The van der Waals surface area contributed by atoms with Gasteiger partial charge in [0.1, 0.15) is 6.04 Å². The lowest BCUT2D eigenvalue weighted by Gasteiger charge is -2.16. The second-order valence-electron chi connectivity index (χ2n) is 4.06. The molecule has 0 spiro atoms. The number of nitrogens with one attached hydrogen (secondary N) is 1. The third-order valence-corrected chi connectivity index (χ3v) is 3.25. The smallest absolute Gasteiger partial charge is 0.325 e. The fourth-order valence-electron chi connectivity index (χ4n) is 1.64. The van der Waals surface area contributed by atoms with E-state index in [1.54, 1.807) is 6.07 Å². The lowest BCUT2D eigenvalue weighted by molar-refractivity contribution is -0.139. The molecule has 0 saturated carbocycles. The van der Waals surface area contributed by atoms with Gasteiger partial charge in [0.05, 0.1) is 0 Å². The van der Waals surface area contributed by atoms with Gasteiger partial charge >= 0.3 is 5.97 Å². The molecule has 19 heavy (non-hydrogen) atoms. The minimum atomic E-state index is -0.937. The number of aliphatic carboxylic acids is 1. The highest BCUT2D eigenvalue weighted by Crippen LogP contribution is 2.24. The molecule has 102 valence electrons. The van der Waals surface area contributed by atoms with Gasteiger partial charge < -0.3 is 10.4 Å². The van der Waals surface area contributed by atoms with Crippen molar-refractivity contribution in [3.63, 3.8) is 0 Å². The number of carboxylic acids is 1. The summed E-state index contributed by atoms with van der Waals surface area (Å²) in [6, 6.07) is 4.77. The van der Waals surface area contributed by atoms with E-state index < -0.39 is 12.0 Å². The van der Waals surface area contributed by atoms with Crippen molar-refractivity contribution in [2.45, 2.75) is 19.4 Å². The van der Waals surface area contributed by atoms with Crippen LogP contribution in [0, 0.1) is 6.92 Å². The van der Waals surface area contributed by atoms with Crippen LogP contribution in [-0.2, 0) is 4.79 Å². The number of rotatable bonds is 7. The van der Waals surface area contributed by atoms with Crippen LogP contribution in [0.3, 0.4) is 0 Å². The molecule has 6 nitrogen and oxygen atoms in total. The van der Waals surface area contributed by atoms with E-state index in [0.29, 0.717) is 25.1 Å². The largest absolute Gasteiger partial charge is 0.480 e. The normalized spacial score (nSPS) is 11.7. The fourth-order valence-corrected chi connectivity index (χ4v) is 2.36. The van der Waals surface area contributed by atoms with Gasteiger partial charge in [-0.2, -0.15) is 0 Å². The second kappa shape index (κ2) is 7.78. The van der Waals surface area contributed by atoms with E-state index in [-0.39, 0.29) is 0 Å². The molecule has 0 aliphatic carbocycles. The number of nitrogens with zero attached hydrogens (tertiary/aromatic N) is 3. The third-order valence-electron chi connectivity index (χ3n) is 2.56. The minimum absolute atomic E-state index is 0.352. The van der Waals surface area contributed by atoms with E-state index in [9.17, 15) is 9.90 Å². The summed E-state index contributed by atoms with van der Waals surface area (Å²) in [7, 11) is 0. The highest BCUT2D eigenvalue weighted by Gasteiger charge is 2.21. The average molecular weight is 327 g/mol. The zero-order valence-electron chi connectivity index (χ0n) is 10.5. The van der Waals surface area contributed by atoms with Crippen molar-refractivity contribution >= 4 is 21.9 Å². The van der Waals surface area contributed by atoms with Crippen molar-refractivity contribution in [3.8, 4) is 0 Å². The quantitative estimate of drug-likeness (QED) is 0.348.